The van der Waals surface area contributed by atoms with Gasteiger partial charge in [0.05, 0.1) is 31.0 Å². The summed E-state index contributed by atoms with van der Waals surface area (Å²) in [7, 11) is 1.59. The highest BCUT2D eigenvalue weighted by atomic mass is 35.5. The van der Waals surface area contributed by atoms with E-state index in [1.165, 1.54) is 0 Å². The maximum Gasteiger partial charge on any atom is 0.268 e. The van der Waals surface area contributed by atoms with Crippen molar-refractivity contribution < 1.29 is 23.9 Å². The molecule has 3 saturated carbocycles. The molecule has 2 aromatic rings. The van der Waals surface area contributed by atoms with Gasteiger partial charge in [-0.15, -0.1) is 11.6 Å². The zero-order chi connectivity index (χ0) is 28.8. The Morgan fingerprint density at radius 2 is 1.85 bits per heavy atom. The molecule has 3 aliphatic carbocycles. The maximum atomic E-state index is 14.3. The monoisotopic (exact) mass is 569 g/mol. The van der Waals surface area contributed by atoms with Gasteiger partial charge in [-0.05, 0) is 67.6 Å². The topological polar surface area (TPSA) is 117 Å². The number of ketones is 2. The molecule has 0 radical (unpaired) electrons. The van der Waals surface area contributed by atoms with Crippen molar-refractivity contribution in [3.63, 3.8) is 0 Å². The lowest BCUT2D eigenvalue weighted by molar-refractivity contribution is -0.137. The summed E-state index contributed by atoms with van der Waals surface area (Å²) in [4.78, 5) is 56.7. The molecule has 1 aromatic carbocycles. The molecule has 8 nitrogen and oxygen atoms in total. The van der Waals surface area contributed by atoms with E-state index in [2.05, 4.69) is 29.5 Å². The van der Waals surface area contributed by atoms with Crippen molar-refractivity contribution in [2.45, 2.75) is 71.4 Å². The van der Waals surface area contributed by atoms with E-state index in [0.717, 1.165) is 43.0 Å². The lowest BCUT2D eigenvalue weighted by atomic mass is 9.74. The van der Waals surface area contributed by atoms with Crippen molar-refractivity contribution in [3.8, 4) is 5.75 Å². The second-order valence-electron chi connectivity index (χ2n) is 12.5. The van der Waals surface area contributed by atoms with Crippen LogP contribution in [0.3, 0.4) is 0 Å². The SMILES string of the molecule is COc1cccc2[nH]c(C(=O)N[C@H](C(=O)C3C[C@H]4[C@@H]([C@H]3C(=O)N[C@@H](C)C(=O)CCl)C4(C)C)C3CCCCC3)cc12. The number of carbonyl (C=O) groups is 4. The van der Waals surface area contributed by atoms with E-state index in [4.69, 9.17) is 16.3 Å². The summed E-state index contributed by atoms with van der Waals surface area (Å²) in [6, 6.07) is 5.94. The van der Waals surface area contributed by atoms with E-state index >= 15 is 0 Å². The van der Waals surface area contributed by atoms with Gasteiger partial charge in [0.2, 0.25) is 5.91 Å². The summed E-state index contributed by atoms with van der Waals surface area (Å²) < 4.78 is 5.44. The van der Waals surface area contributed by atoms with Gasteiger partial charge in [0.15, 0.2) is 11.6 Å². The third kappa shape index (κ3) is 5.15. The molecule has 1 unspecified atom stereocenters. The van der Waals surface area contributed by atoms with E-state index in [1.807, 2.05) is 18.2 Å². The van der Waals surface area contributed by atoms with E-state index in [9.17, 15) is 19.2 Å². The molecule has 5 rings (SSSR count). The van der Waals surface area contributed by atoms with Crippen LogP contribution in [0.25, 0.3) is 10.9 Å². The Kier molecular flexibility index (Phi) is 8.01. The van der Waals surface area contributed by atoms with Crippen LogP contribution < -0.4 is 15.4 Å². The predicted octanol–water partition coefficient (Wildman–Crippen LogP) is 4.65. The van der Waals surface area contributed by atoms with Crippen LogP contribution in [-0.4, -0.2) is 53.4 Å². The van der Waals surface area contributed by atoms with Gasteiger partial charge in [-0.3, -0.25) is 19.2 Å². The molecule has 0 aliphatic heterocycles. The van der Waals surface area contributed by atoms with Crippen LogP contribution in [0.15, 0.2) is 24.3 Å². The number of aromatic nitrogens is 1. The normalized spacial score (nSPS) is 26.9. The van der Waals surface area contributed by atoms with Crippen LogP contribution in [0.5, 0.6) is 5.75 Å². The smallest absolute Gasteiger partial charge is 0.268 e. The first-order valence-electron chi connectivity index (χ1n) is 14.5. The number of hydrogen-bond donors (Lipinski definition) is 3. The number of amides is 2. The molecule has 0 saturated heterocycles. The molecule has 1 heterocycles. The molecule has 3 fully saturated rings. The second kappa shape index (κ2) is 11.2. The molecule has 0 spiro atoms. The second-order valence-corrected chi connectivity index (χ2v) is 12.8. The minimum Gasteiger partial charge on any atom is -0.496 e. The molecule has 3 aliphatic rings. The van der Waals surface area contributed by atoms with Gasteiger partial charge >= 0.3 is 0 Å². The molecule has 2 amide bonds. The molecule has 0 bridgehead atoms. The van der Waals surface area contributed by atoms with Gasteiger partial charge in [-0.1, -0.05) is 39.2 Å². The van der Waals surface area contributed by atoms with E-state index < -0.39 is 23.9 Å². The quantitative estimate of drug-likeness (QED) is 0.360. The van der Waals surface area contributed by atoms with Gasteiger partial charge in [-0.2, -0.15) is 0 Å². The molecular weight excluding hydrogens is 530 g/mol. The number of rotatable bonds is 10. The van der Waals surface area contributed by atoms with Crippen LogP contribution in [0, 0.1) is 35.0 Å². The minimum absolute atomic E-state index is 0.0227. The number of ether oxygens (including phenoxy) is 1. The summed E-state index contributed by atoms with van der Waals surface area (Å²) in [6.45, 7) is 5.91. The number of H-pyrrole nitrogens is 1. The maximum absolute atomic E-state index is 14.3. The average molecular weight is 570 g/mol. The average Bonchev–Trinajstić information content (AvgIpc) is 3.34. The largest absolute Gasteiger partial charge is 0.496 e. The first-order valence-corrected chi connectivity index (χ1v) is 15.0. The third-order valence-electron chi connectivity index (χ3n) is 9.91. The van der Waals surface area contributed by atoms with E-state index in [1.54, 1.807) is 20.1 Å². The number of Topliss-reactive ketones (excluding diaryl/α,β-unsaturated/α-hetero) is 2. The number of carbonyl (C=O) groups excluding carboxylic acids is 4. The van der Waals surface area contributed by atoms with Crippen LogP contribution in [0.1, 0.15) is 69.8 Å². The lowest BCUT2D eigenvalue weighted by Crippen LogP contribution is -2.52. The Balaban J connectivity index is 1.40. The first kappa shape index (κ1) is 28.7. The van der Waals surface area contributed by atoms with Crippen molar-refractivity contribution in [1.82, 2.24) is 15.6 Å². The molecule has 9 heteroatoms. The molecule has 6 atom stereocenters. The fourth-order valence-electron chi connectivity index (χ4n) is 7.53. The van der Waals surface area contributed by atoms with Crippen LogP contribution >= 0.6 is 11.6 Å². The van der Waals surface area contributed by atoms with Gasteiger partial charge in [-0.25, -0.2) is 0 Å². The number of benzene rings is 1. The summed E-state index contributed by atoms with van der Waals surface area (Å²) in [5.41, 5.74) is 1.11. The molecule has 216 valence electrons. The van der Waals surface area contributed by atoms with Gasteiger partial charge in [0.1, 0.15) is 11.4 Å². The fourth-order valence-corrected chi connectivity index (χ4v) is 7.76. The van der Waals surface area contributed by atoms with Crippen molar-refractivity contribution in [2.75, 3.05) is 13.0 Å². The predicted molar refractivity (Wildman–Crippen MR) is 153 cm³/mol. The number of halogens is 1. The highest BCUT2D eigenvalue weighted by molar-refractivity contribution is 6.28. The summed E-state index contributed by atoms with van der Waals surface area (Å²) in [5, 5.41) is 6.72. The number of hydrogen-bond acceptors (Lipinski definition) is 5. The summed E-state index contributed by atoms with van der Waals surface area (Å²) in [6.07, 6.45) is 5.49. The van der Waals surface area contributed by atoms with Gasteiger partial charge in [0, 0.05) is 16.8 Å². The zero-order valence-corrected chi connectivity index (χ0v) is 24.5. The van der Waals surface area contributed by atoms with Crippen LogP contribution in [0.2, 0.25) is 0 Å². The Morgan fingerprint density at radius 3 is 2.52 bits per heavy atom. The number of alkyl halides is 1. The number of fused-ring (bicyclic) bond motifs is 2. The van der Waals surface area contributed by atoms with Gasteiger partial charge in [0.25, 0.3) is 5.91 Å². The first-order chi connectivity index (χ1) is 19.1. The molecule has 40 heavy (non-hydrogen) atoms. The minimum atomic E-state index is -0.713. The van der Waals surface area contributed by atoms with Crippen molar-refractivity contribution in [1.29, 1.82) is 0 Å². The summed E-state index contributed by atoms with van der Waals surface area (Å²) in [5.74, 6) is -1.11. The molecule has 1 aromatic heterocycles. The Labute approximate surface area is 240 Å². The number of methoxy groups -OCH3 is 1. The Hall–Kier alpha value is -2.87. The van der Waals surface area contributed by atoms with E-state index in [-0.39, 0.29) is 52.4 Å². The molecular formula is C31H40ClN3O5. The van der Waals surface area contributed by atoms with Crippen LogP contribution in [-0.2, 0) is 14.4 Å². The van der Waals surface area contributed by atoms with Crippen LogP contribution in [0.4, 0.5) is 0 Å². The Bertz CT molecular complexity index is 1310. The number of aromatic amines is 1. The fraction of sp³-hybridized carbons (Fsp3) is 0.613. The molecule has 3 N–H and O–H groups in total. The Morgan fingerprint density at radius 1 is 1.12 bits per heavy atom. The van der Waals surface area contributed by atoms with E-state index in [0.29, 0.717) is 17.9 Å². The standard InChI is InChI=1S/C31H40ClN3O5/c1-16(23(36)15-32)33-30(39)25-19(13-20-26(25)31(20,2)3)28(37)27(17-9-6-5-7-10-17)35-29(38)22-14-18-21(34-22)11-8-12-24(18)40-4/h8,11-12,14,16-17,19-20,25-27,34H,5-7,9-10,13,15H2,1-4H3,(H,33,39)(H,35,38)/t16-,19?,20-,25-,26-,27-/m0/s1. The zero-order valence-electron chi connectivity index (χ0n) is 23.7. The highest BCUT2D eigenvalue weighted by Crippen LogP contribution is 2.71. The van der Waals surface area contributed by atoms with Gasteiger partial charge < -0.3 is 20.4 Å². The summed E-state index contributed by atoms with van der Waals surface area (Å²) >= 11 is 5.72. The van der Waals surface area contributed by atoms with Crippen molar-refractivity contribution in [2.24, 2.45) is 35.0 Å². The number of nitrogens with one attached hydrogen (secondary N) is 3. The third-order valence-corrected chi connectivity index (χ3v) is 10.2. The highest BCUT2D eigenvalue weighted by Gasteiger charge is 2.70. The van der Waals surface area contributed by atoms with Crippen molar-refractivity contribution in [3.05, 3.63) is 30.0 Å². The lowest BCUT2D eigenvalue weighted by Gasteiger charge is -2.34. The van der Waals surface area contributed by atoms with Crippen molar-refractivity contribution >= 4 is 45.9 Å².